The predicted octanol–water partition coefficient (Wildman–Crippen LogP) is 4.77. The van der Waals surface area contributed by atoms with Crippen molar-refractivity contribution in [1.82, 2.24) is 0 Å². The van der Waals surface area contributed by atoms with Crippen molar-refractivity contribution in [2.45, 2.75) is 13.8 Å². The Bertz CT molecular complexity index is 673. The van der Waals surface area contributed by atoms with Crippen LogP contribution in [0.1, 0.15) is 11.1 Å². The molecule has 0 aliphatic carbocycles. The van der Waals surface area contributed by atoms with Gasteiger partial charge in [-0.05, 0) is 67.5 Å². The molecule has 0 saturated carbocycles. The van der Waals surface area contributed by atoms with Gasteiger partial charge in [-0.3, -0.25) is 0 Å². The van der Waals surface area contributed by atoms with E-state index in [0.29, 0.717) is 10.1 Å². The molecule has 2 aromatic carbocycles. The van der Waals surface area contributed by atoms with Gasteiger partial charge in [0.25, 0.3) is 0 Å². The van der Waals surface area contributed by atoms with Crippen molar-refractivity contribution in [2.24, 2.45) is 0 Å². The first kappa shape index (κ1) is 15.6. The fourth-order valence-electron chi connectivity index (χ4n) is 1.86. The normalized spacial score (nSPS) is 10.1. The summed E-state index contributed by atoms with van der Waals surface area (Å²) in [6.45, 7) is 3.96. The second-order valence-corrected chi connectivity index (χ2v) is 5.54. The summed E-state index contributed by atoms with van der Waals surface area (Å²) < 4.78 is 5.18. The predicted molar refractivity (Wildman–Crippen MR) is 93.8 cm³/mol. The van der Waals surface area contributed by atoms with Crippen LogP contribution in [0.15, 0.2) is 36.4 Å². The van der Waals surface area contributed by atoms with Gasteiger partial charge in [0.2, 0.25) is 0 Å². The van der Waals surface area contributed by atoms with Gasteiger partial charge in [-0.1, -0.05) is 17.7 Å². The third-order valence-electron chi connectivity index (χ3n) is 3.11. The number of thiocarbonyl (C=S) groups is 1. The van der Waals surface area contributed by atoms with E-state index in [1.165, 1.54) is 0 Å². The highest BCUT2D eigenvalue weighted by atomic mass is 35.5. The lowest BCUT2D eigenvalue weighted by Crippen LogP contribution is -2.19. The van der Waals surface area contributed by atoms with E-state index in [2.05, 4.69) is 10.6 Å². The van der Waals surface area contributed by atoms with Gasteiger partial charge < -0.3 is 15.4 Å². The molecule has 5 heteroatoms. The van der Waals surface area contributed by atoms with E-state index < -0.39 is 0 Å². The molecule has 0 fully saturated rings. The number of nitrogens with one attached hydrogen (secondary N) is 2. The SMILES string of the molecule is COc1ccc(NC(=S)Nc2ccc(C)c(Cl)c2)c(C)c1. The van der Waals surface area contributed by atoms with Gasteiger partial charge in [-0.25, -0.2) is 0 Å². The Labute approximate surface area is 135 Å². The lowest BCUT2D eigenvalue weighted by molar-refractivity contribution is 0.414. The zero-order chi connectivity index (χ0) is 15.4. The Morgan fingerprint density at radius 2 is 1.81 bits per heavy atom. The quantitative estimate of drug-likeness (QED) is 0.798. The van der Waals surface area contributed by atoms with E-state index in [-0.39, 0.29) is 0 Å². The molecule has 0 spiro atoms. The topological polar surface area (TPSA) is 33.3 Å². The number of hydrogen-bond acceptors (Lipinski definition) is 2. The molecule has 0 unspecified atom stereocenters. The molecule has 0 heterocycles. The summed E-state index contributed by atoms with van der Waals surface area (Å²) in [6, 6.07) is 11.5. The van der Waals surface area contributed by atoms with Crippen molar-refractivity contribution >= 4 is 40.3 Å². The second kappa shape index (κ2) is 6.78. The maximum Gasteiger partial charge on any atom is 0.175 e. The molecule has 2 aromatic rings. The molecule has 0 saturated heterocycles. The first-order valence-electron chi connectivity index (χ1n) is 6.48. The van der Waals surface area contributed by atoms with Crippen LogP contribution in [0, 0.1) is 13.8 Å². The molecule has 0 bridgehead atoms. The van der Waals surface area contributed by atoms with Crippen LogP contribution in [0.3, 0.4) is 0 Å². The number of methoxy groups -OCH3 is 1. The molecule has 0 atom stereocenters. The largest absolute Gasteiger partial charge is 0.497 e. The van der Waals surface area contributed by atoms with Crippen molar-refractivity contribution in [3.05, 3.63) is 52.5 Å². The lowest BCUT2D eigenvalue weighted by atomic mass is 10.2. The molecule has 21 heavy (non-hydrogen) atoms. The third kappa shape index (κ3) is 4.09. The van der Waals surface area contributed by atoms with Crippen LogP contribution in [0.2, 0.25) is 5.02 Å². The Morgan fingerprint density at radius 3 is 2.43 bits per heavy atom. The van der Waals surface area contributed by atoms with E-state index in [0.717, 1.165) is 28.3 Å². The van der Waals surface area contributed by atoms with E-state index >= 15 is 0 Å². The van der Waals surface area contributed by atoms with Gasteiger partial charge in [0.1, 0.15) is 5.75 Å². The fraction of sp³-hybridized carbons (Fsp3) is 0.188. The molecular formula is C16H17ClN2OS. The zero-order valence-corrected chi connectivity index (χ0v) is 13.7. The zero-order valence-electron chi connectivity index (χ0n) is 12.2. The lowest BCUT2D eigenvalue weighted by Gasteiger charge is -2.14. The van der Waals surface area contributed by atoms with Crippen LogP contribution >= 0.6 is 23.8 Å². The number of halogens is 1. The minimum Gasteiger partial charge on any atom is -0.497 e. The Hall–Kier alpha value is -1.78. The molecule has 2 rings (SSSR count). The second-order valence-electron chi connectivity index (χ2n) is 4.72. The molecule has 2 N–H and O–H groups in total. The molecule has 0 aliphatic rings. The summed E-state index contributed by atoms with van der Waals surface area (Å²) in [6.07, 6.45) is 0. The minimum absolute atomic E-state index is 0.517. The van der Waals surface area contributed by atoms with Gasteiger partial charge >= 0.3 is 0 Å². The van der Waals surface area contributed by atoms with Crippen LogP contribution < -0.4 is 15.4 Å². The molecule has 3 nitrogen and oxygen atoms in total. The number of anilines is 2. The first-order valence-corrected chi connectivity index (χ1v) is 7.27. The van der Waals surface area contributed by atoms with Gasteiger partial charge in [0, 0.05) is 16.4 Å². The molecule has 0 aromatic heterocycles. The van der Waals surface area contributed by atoms with Crippen molar-refractivity contribution in [3.8, 4) is 5.75 Å². The number of rotatable bonds is 3. The number of aryl methyl sites for hydroxylation is 2. The Balaban J connectivity index is 2.06. The number of benzene rings is 2. The highest BCUT2D eigenvalue weighted by molar-refractivity contribution is 7.80. The summed E-state index contributed by atoms with van der Waals surface area (Å²) in [5.74, 6) is 0.822. The van der Waals surface area contributed by atoms with Gasteiger partial charge in [-0.15, -0.1) is 0 Å². The molecule has 110 valence electrons. The average Bonchev–Trinajstić information content (AvgIpc) is 2.45. The van der Waals surface area contributed by atoms with Crippen LogP contribution in [0.5, 0.6) is 5.75 Å². The molecular weight excluding hydrogens is 304 g/mol. The van der Waals surface area contributed by atoms with Crippen LogP contribution in [0.25, 0.3) is 0 Å². The van der Waals surface area contributed by atoms with E-state index in [1.807, 2.05) is 50.2 Å². The van der Waals surface area contributed by atoms with Crippen molar-refractivity contribution < 1.29 is 4.74 Å². The monoisotopic (exact) mass is 320 g/mol. The molecule has 0 amide bonds. The minimum atomic E-state index is 0.517. The van der Waals surface area contributed by atoms with Crippen molar-refractivity contribution in [3.63, 3.8) is 0 Å². The number of ether oxygens (including phenoxy) is 1. The summed E-state index contributed by atoms with van der Waals surface area (Å²) in [5.41, 5.74) is 3.88. The molecule has 0 aliphatic heterocycles. The summed E-state index contributed by atoms with van der Waals surface area (Å²) in [4.78, 5) is 0. The fourth-order valence-corrected chi connectivity index (χ4v) is 2.27. The maximum absolute atomic E-state index is 6.10. The summed E-state index contributed by atoms with van der Waals surface area (Å²) >= 11 is 11.4. The van der Waals surface area contributed by atoms with E-state index in [1.54, 1.807) is 7.11 Å². The van der Waals surface area contributed by atoms with Crippen LogP contribution in [-0.2, 0) is 0 Å². The van der Waals surface area contributed by atoms with Gasteiger partial charge in [0.05, 0.1) is 7.11 Å². The Morgan fingerprint density at radius 1 is 1.05 bits per heavy atom. The van der Waals surface area contributed by atoms with Gasteiger partial charge in [0.15, 0.2) is 5.11 Å². The standard InChI is InChI=1S/C16H17ClN2OS/c1-10-4-5-12(9-14(10)17)18-16(21)19-15-7-6-13(20-3)8-11(15)2/h4-9H,1-3H3,(H2,18,19,21). The summed E-state index contributed by atoms with van der Waals surface area (Å²) in [5, 5.41) is 7.51. The Kier molecular flexibility index (Phi) is 5.04. The smallest absolute Gasteiger partial charge is 0.175 e. The van der Waals surface area contributed by atoms with Gasteiger partial charge in [-0.2, -0.15) is 0 Å². The average molecular weight is 321 g/mol. The molecule has 0 radical (unpaired) electrons. The summed E-state index contributed by atoms with van der Waals surface area (Å²) in [7, 11) is 1.65. The highest BCUT2D eigenvalue weighted by Crippen LogP contribution is 2.22. The van der Waals surface area contributed by atoms with E-state index in [9.17, 15) is 0 Å². The van der Waals surface area contributed by atoms with Crippen molar-refractivity contribution in [1.29, 1.82) is 0 Å². The number of hydrogen-bond donors (Lipinski definition) is 2. The maximum atomic E-state index is 6.10. The van der Waals surface area contributed by atoms with E-state index in [4.69, 9.17) is 28.6 Å². The van der Waals surface area contributed by atoms with Crippen molar-refractivity contribution in [2.75, 3.05) is 17.7 Å². The van der Waals surface area contributed by atoms with Crippen LogP contribution in [-0.4, -0.2) is 12.2 Å². The van der Waals surface area contributed by atoms with Crippen LogP contribution in [0.4, 0.5) is 11.4 Å². The highest BCUT2D eigenvalue weighted by Gasteiger charge is 2.04. The third-order valence-corrected chi connectivity index (χ3v) is 3.72. The first-order chi connectivity index (χ1) is 9.99.